The van der Waals surface area contributed by atoms with Gasteiger partial charge in [-0.05, 0) is 37.5 Å². The fraction of sp³-hybridized carbons (Fsp3) is 0.273. The quantitative estimate of drug-likeness (QED) is 0.646. The monoisotopic (exact) mass is 426 g/mol. The Morgan fingerprint density at radius 1 is 1.10 bits per heavy atom. The van der Waals surface area contributed by atoms with E-state index in [0.717, 1.165) is 31.4 Å². The molecule has 1 aliphatic rings. The number of amides is 1. The summed E-state index contributed by atoms with van der Waals surface area (Å²) < 4.78 is 26.8. The summed E-state index contributed by atoms with van der Waals surface area (Å²) in [6.45, 7) is 0.963. The van der Waals surface area contributed by atoms with Crippen molar-refractivity contribution in [3.63, 3.8) is 0 Å². The summed E-state index contributed by atoms with van der Waals surface area (Å²) in [6, 6.07) is 7.85. The largest absolute Gasteiger partial charge is 0.478 e. The van der Waals surface area contributed by atoms with Crippen molar-refractivity contribution >= 4 is 28.7 Å². The molecular weight excluding hydrogens is 406 g/mol. The summed E-state index contributed by atoms with van der Waals surface area (Å²) in [4.78, 5) is 34.4. The van der Waals surface area contributed by atoms with Crippen LogP contribution in [0.25, 0.3) is 11.0 Å². The number of anilines is 1. The van der Waals surface area contributed by atoms with Crippen molar-refractivity contribution in [1.29, 1.82) is 0 Å². The molecule has 0 aliphatic carbocycles. The van der Waals surface area contributed by atoms with Crippen molar-refractivity contribution in [2.45, 2.75) is 25.3 Å². The summed E-state index contributed by atoms with van der Waals surface area (Å²) in [5.41, 5.74) is 0.866. The molecule has 0 radical (unpaired) electrons. The highest BCUT2D eigenvalue weighted by Gasteiger charge is 2.28. The minimum absolute atomic E-state index is 0.0626. The number of benzene rings is 2. The molecular formula is C22H20F2N4O3. The van der Waals surface area contributed by atoms with Gasteiger partial charge in [0.1, 0.15) is 5.82 Å². The molecule has 1 aliphatic heterocycles. The maximum atomic E-state index is 13.5. The van der Waals surface area contributed by atoms with Crippen molar-refractivity contribution in [2.24, 2.45) is 0 Å². The van der Waals surface area contributed by atoms with Crippen molar-refractivity contribution in [3.8, 4) is 0 Å². The first kappa shape index (κ1) is 20.6. The first-order valence-electron chi connectivity index (χ1n) is 9.92. The number of aromatic carboxylic acids is 1. The second-order valence-corrected chi connectivity index (χ2v) is 7.43. The standard InChI is InChI=1S/C22H20F2N4O3/c23-16-9-18-19(10-17(16)24)27-20(12-25-18)26-11-15-6-1-2-7-28(15)21(29)13-4-3-5-14(8-13)22(30)31/h3-5,8-10,12,15H,1-2,6-7,11H2,(H,26,27)(H,30,31). The Bertz CT molecular complexity index is 1150. The van der Waals surface area contributed by atoms with Crippen LogP contribution in [-0.4, -0.2) is 51.0 Å². The number of nitrogens with one attached hydrogen (secondary N) is 1. The highest BCUT2D eigenvalue weighted by Crippen LogP contribution is 2.22. The third-order valence-corrected chi connectivity index (χ3v) is 5.35. The average Bonchev–Trinajstić information content (AvgIpc) is 2.78. The van der Waals surface area contributed by atoms with Crippen molar-refractivity contribution < 1.29 is 23.5 Å². The van der Waals surface area contributed by atoms with E-state index in [-0.39, 0.29) is 28.5 Å². The molecule has 31 heavy (non-hydrogen) atoms. The summed E-state index contributed by atoms with van der Waals surface area (Å²) in [6.07, 6.45) is 4.03. The van der Waals surface area contributed by atoms with Crippen LogP contribution < -0.4 is 5.32 Å². The fourth-order valence-corrected chi connectivity index (χ4v) is 3.75. The number of fused-ring (bicyclic) bond motifs is 1. The van der Waals surface area contributed by atoms with E-state index in [2.05, 4.69) is 15.3 Å². The minimum atomic E-state index is -1.09. The van der Waals surface area contributed by atoms with Gasteiger partial charge >= 0.3 is 5.97 Å². The fourth-order valence-electron chi connectivity index (χ4n) is 3.75. The highest BCUT2D eigenvalue weighted by atomic mass is 19.2. The summed E-state index contributed by atoms with van der Waals surface area (Å²) >= 11 is 0. The second kappa shape index (κ2) is 8.63. The highest BCUT2D eigenvalue weighted by molar-refractivity contribution is 5.97. The van der Waals surface area contributed by atoms with E-state index in [0.29, 0.717) is 24.5 Å². The number of hydrogen-bond donors (Lipinski definition) is 2. The van der Waals surface area contributed by atoms with Crippen LogP contribution in [0.2, 0.25) is 0 Å². The topological polar surface area (TPSA) is 95.4 Å². The molecule has 0 bridgehead atoms. The predicted molar refractivity (Wildman–Crippen MR) is 110 cm³/mol. The maximum absolute atomic E-state index is 13.5. The van der Waals surface area contributed by atoms with Crippen molar-refractivity contribution in [1.82, 2.24) is 14.9 Å². The number of carboxylic acids is 1. The van der Waals surface area contributed by atoms with Crippen LogP contribution in [0, 0.1) is 11.6 Å². The van der Waals surface area contributed by atoms with Crippen LogP contribution >= 0.6 is 0 Å². The molecule has 2 N–H and O–H groups in total. The third-order valence-electron chi connectivity index (χ3n) is 5.35. The Kier molecular flexibility index (Phi) is 5.75. The van der Waals surface area contributed by atoms with E-state index in [4.69, 9.17) is 0 Å². The summed E-state index contributed by atoms with van der Waals surface area (Å²) in [5.74, 6) is -2.89. The number of likely N-dealkylation sites (tertiary alicyclic amines) is 1. The smallest absolute Gasteiger partial charge is 0.335 e. The van der Waals surface area contributed by atoms with Gasteiger partial charge in [-0.3, -0.25) is 9.78 Å². The first-order valence-corrected chi connectivity index (χ1v) is 9.92. The lowest BCUT2D eigenvalue weighted by molar-refractivity contribution is 0.0628. The van der Waals surface area contributed by atoms with E-state index in [1.807, 2.05) is 0 Å². The molecule has 4 rings (SSSR count). The third kappa shape index (κ3) is 4.45. The molecule has 3 aromatic rings. The number of hydrogen-bond acceptors (Lipinski definition) is 5. The molecule has 0 spiro atoms. The van der Waals surface area contributed by atoms with Crippen molar-refractivity contribution in [3.05, 3.63) is 65.4 Å². The van der Waals surface area contributed by atoms with Gasteiger partial charge in [-0.2, -0.15) is 0 Å². The van der Waals surface area contributed by atoms with Crippen LogP contribution in [0.1, 0.15) is 40.0 Å². The van der Waals surface area contributed by atoms with Gasteiger partial charge in [0.15, 0.2) is 11.6 Å². The zero-order chi connectivity index (χ0) is 22.0. The van der Waals surface area contributed by atoms with Gasteiger partial charge in [-0.1, -0.05) is 6.07 Å². The molecule has 160 valence electrons. The van der Waals surface area contributed by atoms with Gasteiger partial charge in [-0.15, -0.1) is 0 Å². The van der Waals surface area contributed by atoms with Gasteiger partial charge in [0.05, 0.1) is 22.8 Å². The number of halogens is 2. The van der Waals surface area contributed by atoms with E-state index in [1.165, 1.54) is 18.3 Å². The van der Waals surface area contributed by atoms with Gasteiger partial charge < -0.3 is 15.3 Å². The molecule has 9 heteroatoms. The lowest BCUT2D eigenvalue weighted by atomic mass is 10.00. The second-order valence-electron chi connectivity index (χ2n) is 7.43. The number of nitrogens with zero attached hydrogens (tertiary/aromatic N) is 3. The molecule has 2 heterocycles. The van der Waals surface area contributed by atoms with Crippen LogP contribution in [0.15, 0.2) is 42.6 Å². The number of piperidine rings is 1. The molecule has 2 aromatic carbocycles. The zero-order valence-corrected chi connectivity index (χ0v) is 16.5. The van der Waals surface area contributed by atoms with Gasteiger partial charge in [0.2, 0.25) is 0 Å². The Morgan fingerprint density at radius 3 is 2.61 bits per heavy atom. The summed E-state index contributed by atoms with van der Waals surface area (Å²) in [5, 5.41) is 12.3. The van der Waals surface area contributed by atoms with E-state index >= 15 is 0 Å². The predicted octanol–water partition coefficient (Wildman–Crippen LogP) is 3.71. The molecule has 1 fully saturated rings. The Balaban J connectivity index is 1.50. The van der Waals surface area contributed by atoms with Gasteiger partial charge in [-0.25, -0.2) is 18.6 Å². The van der Waals surface area contributed by atoms with Crippen LogP contribution in [0.4, 0.5) is 14.6 Å². The normalized spacial score (nSPS) is 16.3. The number of aromatic nitrogens is 2. The van der Waals surface area contributed by atoms with E-state index in [9.17, 15) is 23.5 Å². The van der Waals surface area contributed by atoms with Crippen LogP contribution in [0.5, 0.6) is 0 Å². The van der Waals surface area contributed by atoms with E-state index < -0.39 is 17.6 Å². The first-order chi connectivity index (χ1) is 14.9. The lowest BCUT2D eigenvalue weighted by Crippen LogP contribution is -2.47. The molecule has 7 nitrogen and oxygen atoms in total. The number of carbonyl (C=O) groups is 2. The number of carbonyl (C=O) groups excluding carboxylic acids is 1. The van der Waals surface area contributed by atoms with Gasteiger partial charge in [0, 0.05) is 36.8 Å². The zero-order valence-electron chi connectivity index (χ0n) is 16.5. The Labute approximate surface area is 176 Å². The molecule has 1 amide bonds. The Hall–Kier alpha value is -3.62. The molecule has 1 atom stereocenters. The van der Waals surface area contributed by atoms with Crippen LogP contribution in [0.3, 0.4) is 0 Å². The number of carboxylic acid groups (broad SMARTS) is 1. The lowest BCUT2D eigenvalue weighted by Gasteiger charge is -2.36. The molecule has 0 saturated carbocycles. The van der Waals surface area contributed by atoms with E-state index in [1.54, 1.807) is 17.0 Å². The maximum Gasteiger partial charge on any atom is 0.335 e. The molecule has 1 unspecified atom stereocenters. The number of rotatable bonds is 5. The van der Waals surface area contributed by atoms with Crippen molar-refractivity contribution in [2.75, 3.05) is 18.4 Å². The van der Waals surface area contributed by atoms with Crippen LogP contribution in [-0.2, 0) is 0 Å². The molecule has 1 saturated heterocycles. The van der Waals surface area contributed by atoms with Gasteiger partial charge in [0.25, 0.3) is 5.91 Å². The SMILES string of the molecule is O=C(O)c1cccc(C(=O)N2CCCCC2CNc2cnc3cc(F)c(F)cc3n2)c1. The summed E-state index contributed by atoms with van der Waals surface area (Å²) in [7, 11) is 0. The average molecular weight is 426 g/mol. The minimum Gasteiger partial charge on any atom is -0.478 e. The Morgan fingerprint density at radius 2 is 1.84 bits per heavy atom. The molecule has 1 aromatic heterocycles.